The van der Waals surface area contributed by atoms with Crippen LogP contribution in [0.3, 0.4) is 0 Å². The first-order valence-electron chi connectivity index (χ1n) is 3.66. The number of primary amides is 1. The van der Waals surface area contributed by atoms with Gasteiger partial charge in [0, 0.05) is 5.39 Å². The highest BCUT2D eigenvalue weighted by Gasteiger charge is 2.09. The van der Waals surface area contributed by atoms with Gasteiger partial charge in [0.05, 0.1) is 11.8 Å². The van der Waals surface area contributed by atoms with Crippen LogP contribution in [0.2, 0.25) is 0 Å². The minimum atomic E-state index is -0.529. The molecular formula is C8H7N3O2. The van der Waals surface area contributed by atoms with Crippen molar-refractivity contribution in [2.75, 3.05) is 0 Å². The first kappa shape index (κ1) is 7.60. The van der Waals surface area contributed by atoms with Crippen molar-refractivity contribution in [3.8, 4) is 0 Å². The van der Waals surface area contributed by atoms with Gasteiger partial charge in [0.15, 0.2) is 0 Å². The normalized spacial score (nSPS) is 10.5. The van der Waals surface area contributed by atoms with Gasteiger partial charge < -0.3 is 10.9 Å². The molecular weight excluding hydrogens is 170 g/mol. The predicted octanol–water partition coefficient (Wildman–Crippen LogP) is 0.372. The molecule has 1 aromatic carbocycles. The van der Waals surface area contributed by atoms with Gasteiger partial charge >= 0.3 is 0 Å². The number of hydrogen-bond donors (Lipinski definition) is 2. The summed E-state index contributed by atoms with van der Waals surface area (Å²) in [6.07, 6.45) is 1.40. The zero-order chi connectivity index (χ0) is 9.42. The Hall–Kier alpha value is -2.04. The lowest BCUT2D eigenvalue weighted by Gasteiger charge is -1.96. The molecule has 1 aromatic heterocycles. The number of aromatic nitrogens is 2. The number of amides is 1. The van der Waals surface area contributed by atoms with E-state index >= 15 is 0 Å². The van der Waals surface area contributed by atoms with Gasteiger partial charge in [0.25, 0.3) is 0 Å². The van der Waals surface area contributed by atoms with Crippen LogP contribution in [-0.4, -0.2) is 21.1 Å². The van der Waals surface area contributed by atoms with Crippen molar-refractivity contribution >= 4 is 16.8 Å². The predicted molar refractivity (Wildman–Crippen MR) is 45.4 cm³/mol. The van der Waals surface area contributed by atoms with Crippen LogP contribution in [0, 0.1) is 0 Å². The molecule has 0 aliphatic rings. The first-order chi connectivity index (χ1) is 6.20. The molecule has 0 spiro atoms. The maximum absolute atomic E-state index is 10.9. The summed E-state index contributed by atoms with van der Waals surface area (Å²) < 4.78 is 0. The zero-order valence-corrected chi connectivity index (χ0v) is 6.64. The molecule has 0 aliphatic heterocycles. The van der Waals surface area contributed by atoms with Gasteiger partial charge in [-0.25, -0.2) is 0 Å². The summed E-state index contributed by atoms with van der Waals surface area (Å²) >= 11 is 0. The smallest absolute Gasteiger partial charge is 0.249 e. The summed E-state index contributed by atoms with van der Waals surface area (Å²) in [4.78, 5) is 11.6. The molecule has 5 nitrogen and oxygen atoms in total. The molecule has 66 valence electrons. The molecule has 1 heterocycles. The van der Waals surface area contributed by atoms with Crippen molar-refractivity contribution in [1.29, 1.82) is 0 Å². The Balaban J connectivity index is 2.84. The van der Waals surface area contributed by atoms with E-state index in [4.69, 9.17) is 5.73 Å². The average Bonchev–Trinajstić information content (AvgIpc) is 2.48. The molecule has 0 bridgehead atoms. The van der Waals surface area contributed by atoms with E-state index in [0.29, 0.717) is 21.3 Å². The number of benzene rings is 1. The summed E-state index contributed by atoms with van der Waals surface area (Å²) in [7, 11) is 0. The molecule has 0 fully saturated rings. The van der Waals surface area contributed by atoms with Gasteiger partial charge in [0.2, 0.25) is 5.91 Å². The Labute approximate surface area is 73.3 Å². The summed E-state index contributed by atoms with van der Waals surface area (Å²) in [6, 6.07) is 4.87. The third-order valence-corrected chi connectivity index (χ3v) is 1.86. The second kappa shape index (κ2) is 2.48. The fourth-order valence-electron chi connectivity index (χ4n) is 1.25. The van der Waals surface area contributed by atoms with Crippen molar-refractivity contribution in [1.82, 2.24) is 9.94 Å². The van der Waals surface area contributed by atoms with Crippen LogP contribution in [0.1, 0.15) is 10.4 Å². The van der Waals surface area contributed by atoms with Crippen LogP contribution >= 0.6 is 0 Å². The monoisotopic (exact) mass is 177 g/mol. The minimum Gasteiger partial charge on any atom is -0.411 e. The molecule has 2 rings (SSSR count). The zero-order valence-electron chi connectivity index (χ0n) is 6.64. The van der Waals surface area contributed by atoms with Gasteiger partial charge in [-0.05, 0) is 12.1 Å². The van der Waals surface area contributed by atoms with E-state index in [1.165, 1.54) is 6.20 Å². The van der Waals surface area contributed by atoms with Crippen LogP contribution in [0.15, 0.2) is 24.4 Å². The molecule has 2 aromatic rings. The number of carbonyl (C=O) groups excluding carboxylic acids is 1. The third-order valence-electron chi connectivity index (χ3n) is 1.86. The maximum atomic E-state index is 10.9. The third kappa shape index (κ3) is 1.01. The fourth-order valence-corrected chi connectivity index (χ4v) is 1.25. The van der Waals surface area contributed by atoms with E-state index in [1.807, 2.05) is 0 Å². The lowest BCUT2D eigenvalue weighted by Crippen LogP contribution is -2.10. The Kier molecular flexibility index (Phi) is 1.45. The lowest BCUT2D eigenvalue weighted by molar-refractivity contribution is 0.100. The second-order valence-electron chi connectivity index (χ2n) is 2.64. The maximum Gasteiger partial charge on any atom is 0.249 e. The molecule has 0 saturated carbocycles. The van der Waals surface area contributed by atoms with Crippen LogP contribution in [0.4, 0.5) is 0 Å². The standard InChI is InChI=1S/C8H7N3O2/c9-8(12)5-2-1-3-7-6(5)4-10-11(7)13/h1-4,13H,(H2,9,12). The van der Waals surface area contributed by atoms with Crippen molar-refractivity contribution in [2.45, 2.75) is 0 Å². The first-order valence-corrected chi connectivity index (χ1v) is 3.66. The molecule has 13 heavy (non-hydrogen) atoms. The highest BCUT2D eigenvalue weighted by atomic mass is 16.5. The van der Waals surface area contributed by atoms with Crippen molar-refractivity contribution < 1.29 is 10.0 Å². The SMILES string of the molecule is NC(=O)c1cccc2c1cnn2O. The second-order valence-corrected chi connectivity index (χ2v) is 2.64. The average molecular weight is 177 g/mol. The van der Waals surface area contributed by atoms with Crippen LogP contribution in [-0.2, 0) is 0 Å². The Bertz CT molecular complexity index is 475. The van der Waals surface area contributed by atoms with E-state index in [2.05, 4.69) is 5.10 Å². The van der Waals surface area contributed by atoms with E-state index in [-0.39, 0.29) is 0 Å². The Morgan fingerprint density at radius 1 is 1.54 bits per heavy atom. The summed E-state index contributed by atoms with van der Waals surface area (Å²) in [5, 5.41) is 13.3. The molecule has 0 unspecified atom stereocenters. The van der Waals surface area contributed by atoms with Crippen molar-refractivity contribution in [3.05, 3.63) is 30.0 Å². The number of carbonyl (C=O) groups is 1. The Morgan fingerprint density at radius 2 is 2.31 bits per heavy atom. The minimum absolute atomic E-state index is 0.359. The van der Waals surface area contributed by atoms with Gasteiger partial charge in [-0.1, -0.05) is 6.07 Å². The van der Waals surface area contributed by atoms with Gasteiger partial charge in [-0.2, -0.15) is 0 Å². The van der Waals surface area contributed by atoms with Crippen LogP contribution in [0.5, 0.6) is 0 Å². The highest BCUT2D eigenvalue weighted by Crippen LogP contribution is 2.16. The summed E-state index contributed by atoms with van der Waals surface area (Å²) in [5.41, 5.74) is 5.96. The van der Waals surface area contributed by atoms with Gasteiger partial charge in [-0.15, -0.1) is 9.94 Å². The van der Waals surface area contributed by atoms with E-state index < -0.39 is 5.91 Å². The molecule has 0 saturated heterocycles. The van der Waals surface area contributed by atoms with E-state index in [0.717, 1.165) is 0 Å². The number of hydrogen-bond acceptors (Lipinski definition) is 3. The van der Waals surface area contributed by atoms with Crippen LogP contribution in [0.25, 0.3) is 10.9 Å². The quantitative estimate of drug-likeness (QED) is 0.617. The molecule has 0 aliphatic carbocycles. The molecule has 0 radical (unpaired) electrons. The lowest BCUT2D eigenvalue weighted by atomic mass is 10.1. The van der Waals surface area contributed by atoms with Crippen molar-refractivity contribution in [3.63, 3.8) is 0 Å². The largest absolute Gasteiger partial charge is 0.411 e. The number of rotatable bonds is 1. The summed E-state index contributed by atoms with van der Waals surface area (Å²) in [5.74, 6) is -0.529. The van der Waals surface area contributed by atoms with Crippen LogP contribution < -0.4 is 5.73 Å². The van der Waals surface area contributed by atoms with E-state index in [1.54, 1.807) is 18.2 Å². The fraction of sp³-hybridized carbons (Fsp3) is 0. The molecule has 1 amide bonds. The topological polar surface area (TPSA) is 81.1 Å². The summed E-state index contributed by atoms with van der Waals surface area (Å²) in [6.45, 7) is 0. The highest BCUT2D eigenvalue weighted by molar-refractivity contribution is 6.05. The van der Waals surface area contributed by atoms with Gasteiger partial charge in [0.1, 0.15) is 5.52 Å². The molecule has 5 heteroatoms. The molecule has 3 N–H and O–H groups in total. The van der Waals surface area contributed by atoms with Crippen molar-refractivity contribution in [2.24, 2.45) is 5.73 Å². The molecule has 0 atom stereocenters. The Morgan fingerprint density at radius 3 is 3.00 bits per heavy atom. The van der Waals surface area contributed by atoms with E-state index in [9.17, 15) is 10.0 Å². The van der Waals surface area contributed by atoms with Gasteiger partial charge in [-0.3, -0.25) is 4.79 Å². The number of fused-ring (bicyclic) bond motifs is 1. The number of nitrogens with zero attached hydrogens (tertiary/aromatic N) is 2. The number of nitrogens with two attached hydrogens (primary N) is 1.